The number of piperidine rings is 1. The molecule has 20 heavy (non-hydrogen) atoms. The second kappa shape index (κ2) is 5.17. The molecule has 2 fully saturated rings. The van der Waals surface area contributed by atoms with Crippen LogP contribution in [0.2, 0.25) is 0 Å². The van der Waals surface area contributed by atoms with Crippen LogP contribution in [0.3, 0.4) is 0 Å². The van der Waals surface area contributed by atoms with Gasteiger partial charge in [0.25, 0.3) is 0 Å². The summed E-state index contributed by atoms with van der Waals surface area (Å²) in [4.78, 5) is 4.66. The average Bonchev–Trinajstić information content (AvgIpc) is 3.26. The standard InChI is InChI=1S/C16H22FN3/c1-16(6-8-19-9-7-16)15(18)20-14-5-4-12(17)10-13(14)11-2-3-11/h4-5,10-11,19H,2-3,6-9H2,1H3,(H2,18,20). The van der Waals surface area contributed by atoms with Gasteiger partial charge in [-0.05, 0) is 68.5 Å². The van der Waals surface area contributed by atoms with Gasteiger partial charge in [-0.2, -0.15) is 0 Å². The predicted octanol–water partition coefficient (Wildman–Crippen LogP) is 3.08. The Labute approximate surface area is 119 Å². The van der Waals surface area contributed by atoms with Gasteiger partial charge in [0.2, 0.25) is 0 Å². The molecule has 3 rings (SSSR count). The summed E-state index contributed by atoms with van der Waals surface area (Å²) in [5, 5.41) is 3.35. The van der Waals surface area contributed by atoms with Gasteiger partial charge < -0.3 is 11.1 Å². The highest BCUT2D eigenvalue weighted by atomic mass is 19.1. The van der Waals surface area contributed by atoms with E-state index in [4.69, 9.17) is 5.73 Å². The molecule has 108 valence electrons. The second-order valence-electron chi connectivity index (χ2n) is 6.29. The molecule has 4 heteroatoms. The number of nitrogens with zero attached hydrogens (tertiary/aromatic N) is 1. The maximum absolute atomic E-state index is 13.4. The topological polar surface area (TPSA) is 50.4 Å². The number of hydrogen-bond donors (Lipinski definition) is 2. The lowest BCUT2D eigenvalue weighted by atomic mass is 9.80. The molecule has 2 aliphatic rings. The highest BCUT2D eigenvalue weighted by Crippen LogP contribution is 2.45. The zero-order chi connectivity index (χ0) is 14.2. The van der Waals surface area contributed by atoms with Gasteiger partial charge in [0.1, 0.15) is 11.7 Å². The third kappa shape index (κ3) is 2.70. The maximum Gasteiger partial charge on any atom is 0.123 e. The van der Waals surface area contributed by atoms with E-state index in [1.165, 1.54) is 6.07 Å². The van der Waals surface area contributed by atoms with Crippen LogP contribution in [0.5, 0.6) is 0 Å². The lowest BCUT2D eigenvalue weighted by Crippen LogP contribution is -2.43. The number of rotatable bonds is 3. The molecule has 0 aromatic heterocycles. The van der Waals surface area contributed by atoms with Gasteiger partial charge in [0, 0.05) is 5.41 Å². The van der Waals surface area contributed by atoms with Crippen molar-refractivity contribution in [2.24, 2.45) is 16.1 Å². The number of benzene rings is 1. The van der Waals surface area contributed by atoms with Crippen molar-refractivity contribution in [3.05, 3.63) is 29.6 Å². The molecule has 0 atom stereocenters. The van der Waals surface area contributed by atoms with Crippen molar-refractivity contribution >= 4 is 11.5 Å². The quantitative estimate of drug-likeness (QED) is 0.658. The Morgan fingerprint density at radius 3 is 2.70 bits per heavy atom. The van der Waals surface area contributed by atoms with E-state index in [1.807, 2.05) is 0 Å². The van der Waals surface area contributed by atoms with E-state index in [0.29, 0.717) is 11.8 Å². The van der Waals surface area contributed by atoms with Gasteiger partial charge in [-0.15, -0.1) is 0 Å². The third-order valence-electron chi connectivity index (χ3n) is 4.57. The summed E-state index contributed by atoms with van der Waals surface area (Å²) in [5.74, 6) is 0.975. The van der Waals surface area contributed by atoms with E-state index >= 15 is 0 Å². The first-order valence-corrected chi connectivity index (χ1v) is 7.43. The summed E-state index contributed by atoms with van der Waals surface area (Å²) in [6.45, 7) is 4.13. The van der Waals surface area contributed by atoms with Crippen LogP contribution in [0.4, 0.5) is 10.1 Å². The van der Waals surface area contributed by atoms with Crippen molar-refractivity contribution in [1.82, 2.24) is 5.32 Å². The molecule has 1 aromatic carbocycles. The summed E-state index contributed by atoms with van der Waals surface area (Å²) < 4.78 is 13.4. The Morgan fingerprint density at radius 2 is 2.05 bits per heavy atom. The smallest absolute Gasteiger partial charge is 0.123 e. The first-order chi connectivity index (χ1) is 9.58. The Kier molecular flexibility index (Phi) is 3.50. The van der Waals surface area contributed by atoms with E-state index in [0.717, 1.165) is 50.0 Å². The van der Waals surface area contributed by atoms with Crippen LogP contribution >= 0.6 is 0 Å². The van der Waals surface area contributed by atoms with Crippen LogP contribution in [-0.4, -0.2) is 18.9 Å². The molecule has 0 unspecified atom stereocenters. The number of halogens is 1. The molecule has 3 N–H and O–H groups in total. The summed E-state index contributed by atoms with van der Waals surface area (Å²) in [6, 6.07) is 4.86. The van der Waals surface area contributed by atoms with E-state index in [9.17, 15) is 4.39 Å². The van der Waals surface area contributed by atoms with Crippen LogP contribution < -0.4 is 11.1 Å². The van der Waals surface area contributed by atoms with Crippen LogP contribution in [0.1, 0.15) is 44.1 Å². The van der Waals surface area contributed by atoms with E-state index < -0.39 is 0 Å². The molecule has 1 saturated carbocycles. The van der Waals surface area contributed by atoms with Gasteiger partial charge >= 0.3 is 0 Å². The molecule has 0 radical (unpaired) electrons. The fourth-order valence-electron chi connectivity index (χ4n) is 2.85. The first-order valence-electron chi connectivity index (χ1n) is 7.43. The third-order valence-corrected chi connectivity index (χ3v) is 4.57. The summed E-state index contributed by atoms with van der Waals surface area (Å²) in [5.41, 5.74) is 8.10. The van der Waals surface area contributed by atoms with Gasteiger partial charge in [0.05, 0.1) is 5.69 Å². The molecule has 0 spiro atoms. The van der Waals surface area contributed by atoms with Crippen molar-refractivity contribution in [3.8, 4) is 0 Å². The Balaban J connectivity index is 1.90. The number of hydrogen-bond acceptors (Lipinski definition) is 2. The first kappa shape index (κ1) is 13.6. The van der Waals surface area contributed by atoms with Crippen LogP contribution in [0.25, 0.3) is 0 Å². The SMILES string of the molecule is CC1(C(N)=Nc2ccc(F)cc2C2CC2)CCNCC1. The predicted molar refractivity (Wildman–Crippen MR) is 79.9 cm³/mol. The molecule has 1 aliphatic carbocycles. The van der Waals surface area contributed by atoms with Gasteiger partial charge in [-0.3, -0.25) is 0 Å². The minimum absolute atomic E-state index is 0.0412. The normalized spacial score (nSPS) is 22.8. The Hall–Kier alpha value is -1.42. The van der Waals surface area contributed by atoms with Gasteiger partial charge in [-0.1, -0.05) is 6.92 Å². The molecule has 3 nitrogen and oxygen atoms in total. The molecule has 1 saturated heterocycles. The summed E-state index contributed by atoms with van der Waals surface area (Å²) in [7, 11) is 0. The number of nitrogens with two attached hydrogens (primary N) is 1. The Morgan fingerprint density at radius 1 is 1.35 bits per heavy atom. The zero-order valence-electron chi connectivity index (χ0n) is 12.0. The summed E-state index contributed by atoms with van der Waals surface area (Å²) in [6.07, 6.45) is 4.27. The van der Waals surface area contributed by atoms with Crippen LogP contribution in [0, 0.1) is 11.2 Å². The highest BCUT2D eigenvalue weighted by Gasteiger charge is 2.32. The molecular weight excluding hydrogens is 253 g/mol. The molecular formula is C16H22FN3. The molecule has 0 bridgehead atoms. The van der Waals surface area contributed by atoms with Crippen molar-refractivity contribution in [2.75, 3.05) is 13.1 Å². The van der Waals surface area contributed by atoms with Crippen molar-refractivity contribution in [2.45, 2.75) is 38.5 Å². The zero-order valence-corrected chi connectivity index (χ0v) is 12.0. The number of amidine groups is 1. The monoisotopic (exact) mass is 275 g/mol. The van der Waals surface area contributed by atoms with E-state index in [1.54, 1.807) is 12.1 Å². The van der Waals surface area contributed by atoms with Gasteiger partial charge in [-0.25, -0.2) is 9.38 Å². The lowest BCUT2D eigenvalue weighted by Gasteiger charge is -2.33. The number of aliphatic imine (C=N–C) groups is 1. The Bertz CT molecular complexity index is 529. The van der Waals surface area contributed by atoms with Crippen LogP contribution in [-0.2, 0) is 0 Å². The molecule has 0 amide bonds. The maximum atomic E-state index is 13.4. The van der Waals surface area contributed by atoms with Crippen molar-refractivity contribution < 1.29 is 4.39 Å². The molecule has 1 heterocycles. The molecule has 1 aliphatic heterocycles. The summed E-state index contributed by atoms with van der Waals surface area (Å²) >= 11 is 0. The number of nitrogens with one attached hydrogen (secondary N) is 1. The minimum Gasteiger partial charge on any atom is -0.387 e. The minimum atomic E-state index is -0.183. The van der Waals surface area contributed by atoms with E-state index in [2.05, 4.69) is 17.2 Å². The second-order valence-corrected chi connectivity index (χ2v) is 6.29. The average molecular weight is 275 g/mol. The van der Waals surface area contributed by atoms with Gasteiger partial charge in [0.15, 0.2) is 0 Å². The van der Waals surface area contributed by atoms with Crippen molar-refractivity contribution in [1.29, 1.82) is 0 Å². The fourth-order valence-corrected chi connectivity index (χ4v) is 2.85. The lowest BCUT2D eigenvalue weighted by molar-refractivity contribution is 0.326. The van der Waals surface area contributed by atoms with Crippen LogP contribution in [0.15, 0.2) is 23.2 Å². The molecule has 1 aromatic rings. The largest absolute Gasteiger partial charge is 0.387 e. The fraction of sp³-hybridized carbons (Fsp3) is 0.562. The van der Waals surface area contributed by atoms with E-state index in [-0.39, 0.29) is 11.2 Å². The van der Waals surface area contributed by atoms with Crippen molar-refractivity contribution in [3.63, 3.8) is 0 Å². The highest BCUT2D eigenvalue weighted by molar-refractivity contribution is 5.89.